The molecular weight excluding hydrogens is 652 g/mol. The van der Waals surface area contributed by atoms with Crippen molar-refractivity contribution in [1.82, 2.24) is 5.32 Å². The summed E-state index contributed by atoms with van der Waals surface area (Å²) < 4.78 is 23.9. The first-order chi connectivity index (χ1) is 23.7. The Morgan fingerprint density at radius 3 is 2.29 bits per heavy atom. The summed E-state index contributed by atoms with van der Waals surface area (Å²) in [6.07, 6.45) is -6.47. The first kappa shape index (κ1) is 35.9. The molecule has 5 rings (SSSR count). The van der Waals surface area contributed by atoms with Gasteiger partial charge in [0, 0.05) is 24.7 Å². The zero-order valence-electron chi connectivity index (χ0n) is 26.9. The summed E-state index contributed by atoms with van der Waals surface area (Å²) in [5.74, 6) is 2.27. The summed E-state index contributed by atoms with van der Waals surface area (Å²) in [6.45, 7) is 2.70. The molecule has 0 bridgehead atoms. The predicted octanol–water partition coefficient (Wildman–Crippen LogP) is 3.64. The van der Waals surface area contributed by atoms with E-state index in [1.165, 1.54) is 0 Å². The Labute approximate surface area is 289 Å². The second-order valence-electron chi connectivity index (χ2n) is 11.7. The summed E-state index contributed by atoms with van der Waals surface area (Å²) in [5.41, 5.74) is 6.00. The number of aliphatic hydroxyl groups is 5. The van der Waals surface area contributed by atoms with Crippen LogP contribution in [0.2, 0.25) is 5.02 Å². The van der Waals surface area contributed by atoms with Crippen LogP contribution in [0.4, 0.5) is 0 Å². The number of hydrogen-bond donors (Lipinski definition) is 6. The number of rotatable bonds is 15. The van der Waals surface area contributed by atoms with Gasteiger partial charge in [-0.15, -0.1) is 0 Å². The standard InChI is InChI=1S/C37H39ClN2O9/c1-22-26(3-2-4-28(22)25-9-10-32-35(14-25)47-12-11-46-32)21-49-34-15-33(48-20-24-7-5-23(16-39)6-8-24)27(13-29(34)38)17-40-18-30(42)36(44)37(45)31(43)19-41/h2-10,13-15,30-31,36-37,40-45H,11-12,17-21H2,1H3/t30-,31+,36+,37+/m0/s1. The number of nitrogens with one attached hydrogen (secondary N) is 1. The highest BCUT2D eigenvalue weighted by Gasteiger charge is 2.29. The maximum absolute atomic E-state index is 10.3. The summed E-state index contributed by atoms with van der Waals surface area (Å²) >= 11 is 6.70. The van der Waals surface area contributed by atoms with E-state index in [2.05, 4.69) is 11.4 Å². The summed E-state index contributed by atoms with van der Waals surface area (Å²) in [5, 5.41) is 61.5. The van der Waals surface area contributed by atoms with Gasteiger partial charge < -0.3 is 49.8 Å². The lowest BCUT2D eigenvalue weighted by Gasteiger charge is -2.26. The molecule has 4 aromatic carbocycles. The van der Waals surface area contributed by atoms with Crippen molar-refractivity contribution in [2.45, 2.75) is 51.1 Å². The second kappa shape index (κ2) is 16.8. The van der Waals surface area contributed by atoms with Crippen molar-refractivity contribution in [2.24, 2.45) is 0 Å². The summed E-state index contributed by atoms with van der Waals surface area (Å²) in [6, 6.07) is 24.4. The molecule has 1 heterocycles. The van der Waals surface area contributed by atoms with Crippen LogP contribution in [-0.2, 0) is 19.8 Å². The molecule has 0 amide bonds. The van der Waals surface area contributed by atoms with Gasteiger partial charge >= 0.3 is 0 Å². The van der Waals surface area contributed by atoms with E-state index in [4.69, 9.17) is 40.9 Å². The van der Waals surface area contributed by atoms with Crippen molar-refractivity contribution in [3.63, 3.8) is 0 Å². The Bertz CT molecular complexity index is 1760. The molecule has 0 fully saturated rings. The van der Waals surface area contributed by atoms with E-state index in [1.54, 1.807) is 36.4 Å². The molecule has 1 aliphatic heterocycles. The van der Waals surface area contributed by atoms with Crippen molar-refractivity contribution >= 4 is 11.6 Å². The normalized spacial score (nSPS) is 14.7. The molecule has 4 aromatic rings. The van der Waals surface area contributed by atoms with Crippen LogP contribution >= 0.6 is 11.6 Å². The third-order valence-electron chi connectivity index (χ3n) is 8.27. The van der Waals surface area contributed by atoms with E-state index in [9.17, 15) is 20.4 Å². The number of halogens is 1. The van der Waals surface area contributed by atoms with Gasteiger partial charge in [0.15, 0.2) is 11.5 Å². The SMILES string of the molecule is Cc1c(COc2cc(OCc3ccc(C#N)cc3)c(CNC[C@H](O)[C@@H](O)[C@H](O)[C@H](O)CO)cc2Cl)cccc1-c1ccc2c(c1)OCCO2. The van der Waals surface area contributed by atoms with Crippen LogP contribution in [0, 0.1) is 18.3 Å². The fraction of sp³-hybridized carbons (Fsp3) is 0.324. The quantitative estimate of drug-likeness (QED) is 0.108. The number of nitriles is 1. The zero-order chi connectivity index (χ0) is 34.9. The van der Waals surface area contributed by atoms with E-state index in [0.29, 0.717) is 46.6 Å². The van der Waals surface area contributed by atoms with Crippen molar-refractivity contribution < 1.29 is 44.5 Å². The highest BCUT2D eigenvalue weighted by atomic mass is 35.5. The van der Waals surface area contributed by atoms with Gasteiger partial charge in [-0.2, -0.15) is 5.26 Å². The van der Waals surface area contributed by atoms with Gasteiger partial charge in [0.25, 0.3) is 0 Å². The van der Waals surface area contributed by atoms with Crippen molar-refractivity contribution in [3.05, 3.63) is 106 Å². The van der Waals surface area contributed by atoms with Gasteiger partial charge in [0.05, 0.1) is 29.4 Å². The smallest absolute Gasteiger partial charge is 0.161 e. The number of aliphatic hydroxyl groups excluding tert-OH is 5. The van der Waals surface area contributed by atoms with Crippen molar-refractivity contribution in [3.8, 4) is 40.2 Å². The van der Waals surface area contributed by atoms with E-state index in [1.807, 2.05) is 43.3 Å². The van der Waals surface area contributed by atoms with Gasteiger partial charge in [0.1, 0.15) is 56.2 Å². The molecule has 6 N–H and O–H groups in total. The molecule has 0 aromatic heterocycles. The first-order valence-electron chi connectivity index (χ1n) is 15.8. The molecule has 258 valence electrons. The lowest BCUT2D eigenvalue weighted by atomic mass is 9.96. The average Bonchev–Trinajstić information content (AvgIpc) is 3.13. The lowest BCUT2D eigenvalue weighted by Crippen LogP contribution is -2.48. The summed E-state index contributed by atoms with van der Waals surface area (Å²) in [4.78, 5) is 0. The van der Waals surface area contributed by atoms with Crippen LogP contribution in [0.3, 0.4) is 0 Å². The highest BCUT2D eigenvalue weighted by molar-refractivity contribution is 6.32. The third-order valence-corrected chi connectivity index (χ3v) is 8.56. The molecule has 0 radical (unpaired) electrons. The monoisotopic (exact) mass is 690 g/mol. The number of ether oxygens (including phenoxy) is 4. The van der Waals surface area contributed by atoms with Gasteiger partial charge in [-0.05, 0) is 65.1 Å². The van der Waals surface area contributed by atoms with Gasteiger partial charge in [-0.3, -0.25) is 0 Å². The molecule has 49 heavy (non-hydrogen) atoms. The molecule has 0 unspecified atom stereocenters. The fourth-order valence-electron chi connectivity index (χ4n) is 5.35. The van der Waals surface area contributed by atoms with Crippen molar-refractivity contribution in [1.29, 1.82) is 5.26 Å². The molecule has 12 heteroatoms. The Kier molecular flexibility index (Phi) is 12.3. The molecule has 0 aliphatic carbocycles. The average molecular weight is 691 g/mol. The number of hydrogen-bond acceptors (Lipinski definition) is 11. The maximum Gasteiger partial charge on any atom is 0.161 e. The predicted molar refractivity (Wildman–Crippen MR) is 182 cm³/mol. The molecule has 0 saturated carbocycles. The van der Waals surface area contributed by atoms with E-state index in [0.717, 1.165) is 33.6 Å². The Morgan fingerprint density at radius 2 is 1.55 bits per heavy atom. The molecule has 0 spiro atoms. The Hall–Kier alpha value is -4.38. The van der Waals surface area contributed by atoms with Gasteiger partial charge in [0.2, 0.25) is 0 Å². The number of nitrogens with zero attached hydrogens (tertiary/aromatic N) is 1. The van der Waals surface area contributed by atoms with Crippen LogP contribution in [0.25, 0.3) is 11.1 Å². The fourth-order valence-corrected chi connectivity index (χ4v) is 5.59. The lowest BCUT2D eigenvalue weighted by molar-refractivity contribution is -0.114. The first-order valence-corrected chi connectivity index (χ1v) is 16.2. The number of benzene rings is 4. The third kappa shape index (κ3) is 9.00. The second-order valence-corrected chi connectivity index (χ2v) is 12.1. The topological polar surface area (TPSA) is 174 Å². The highest BCUT2D eigenvalue weighted by Crippen LogP contribution is 2.37. The largest absolute Gasteiger partial charge is 0.488 e. The molecule has 11 nitrogen and oxygen atoms in total. The maximum atomic E-state index is 10.3. The molecule has 0 saturated heterocycles. The van der Waals surface area contributed by atoms with Crippen molar-refractivity contribution in [2.75, 3.05) is 26.4 Å². The minimum absolute atomic E-state index is 0.152. The van der Waals surface area contributed by atoms with E-state index >= 15 is 0 Å². The minimum Gasteiger partial charge on any atom is -0.488 e. The van der Waals surface area contributed by atoms with Gasteiger partial charge in [-0.25, -0.2) is 0 Å². The van der Waals surface area contributed by atoms with Crippen LogP contribution < -0.4 is 24.3 Å². The summed E-state index contributed by atoms with van der Waals surface area (Å²) in [7, 11) is 0. The van der Waals surface area contributed by atoms with Crippen LogP contribution in [0.1, 0.15) is 27.8 Å². The van der Waals surface area contributed by atoms with Gasteiger partial charge in [-0.1, -0.05) is 48.0 Å². The Morgan fingerprint density at radius 1 is 0.837 bits per heavy atom. The molecular formula is C37H39ClN2O9. The van der Waals surface area contributed by atoms with Crippen LogP contribution in [-0.4, -0.2) is 76.3 Å². The number of fused-ring (bicyclic) bond motifs is 1. The van der Waals surface area contributed by atoms with E-state index < -0.39 is 31.0 Å². The Balaban J connectivity index is 1.32. The zero-order valence-corrected chi connectivity index (χ0v) is 27.6. The van der Waals surface area contributed by atoms with Crippen LogP contribution in [0.5, 0.6) is 23.0 Å². The van der Waals surface area contributed by atoms with E-state index in [-0.39, 0.29) is 26.3 Å². The van der Waals surface area contributed by atoms with Crippen LogP contribution in [0.15, 0.2) is 72.8 Å². The minimum atomic E-state index is -1.73. The molecule has 4 atom stereocenters. The molecule has 1 aliphatic rings.